The van der Waals surface area contributed by atoms with E-state index >= 15 is 0 Å². The van der Waals surface area contributed by atoms with Crippen molar-refractivity contribution >= 4 is 22.9 Å². The smallest absolute Gasteiger partial charge is 0.142 e. The molecule has 0 bridgehead atoms. The number of aryl methyl sites for hydroxylation is 1. The van der Waals surface area contributed by atoms with Gasteiger partial charge in [0.1, 0.15) is 16.5 Å². The van der Waals surface area contributed by atoms with Crippen molar-refractivity contribution in [3.63, 3.8) is 0 Å². The van der Waals surface area contributed by atoms with Gasteiger partial charge >= 0.3 is 0 Å². The summed E-state index contributed by atoms with van der Waals surface area (Å²) in [5, 5.41) is 3.20. The molecule has 20 heavy (non-hydrogen) atoms. The second-order valence-electron chi connectivity index (χ2n) is 4.39. The zero-order chi connectivity index (χ0) is 14.5. The van der Waals surface area contributed by atoms with Crippen LogP contribution in [0.1, 0.15) is 11.1 Å². The number of rotatable bonds is 4. The molecular weight excluding hydrogens is 270 g/mol. The zero-order valence-electron chi connectivity index (χ0n) is 11.8. The highest BCUT2D eigenvalue weighted by atomic mass is 32.1. The van der Waals surface area contributed by atoms with Crippen LogP contribution in [-0.2, 0) is 0 Å². The molecule has 0 unspecified atom stereocenters. The van der Waals surface area contributed by atoms with Gasteiger partial charge in [-0.1, -0.05) is 42.0 Å². The maximum Gasteiger partial charge on any atom is 0.142 e. The van der Waals surface area contributed by atoms with Gasteiger partial charge in [0.25, 0.3) is 0 Å². The fourth-order valence-electron chi connectivity index (χ4n) is 1.81. The molecule has 4 heteroatoms. The summed E-state index contributed by atoms with van der Waals surface area (Å²) in [6.45, 7) is 2.05. The Morgan fingerprint density at radius 1 is 1.00 bits per heavy atom. The fraction of sp³-hybridized carbons (Fsp3) is 0.188. The minimum Gasteiger partial charge on any atom is -0.497 e. The second kappa shape index (κ2) is 6.39. The Morgan fingerprint density at radius 3 is 2.30 bits per heavy atom. The fourth-order valence-corrected chi connectivity index (χ4v) is 2.06. The van der Waals surface area contributed by atoms with E-state index in [-0.39, 0.29) is 0 Å². The molecule has 2 aromatic rings. The van der Waals surface area contributed by atoms with Crippen molar-refractivity contribution in [2.24, 2.45) is 0 Å². The number of thiocarbonyl (C=S) groups is 1. The van der Waals surface area contributed by atoms with Gasteiger partial charge in [0.15, 0.2) is 0 Å². The normalized spacial score (nSPS) is 9.95. The highest BCUT2D eigenvalue weighted by molar-refractivity contribution is 7.81. The van der Waals surface area contributed by atoms with E-state index in [9.17, 15) is 0 Å². The maximum atomic E-state index is 5.43. The van der Waals surface area contributed by atoms with E-state index < -0.39 is 0 Å². The number of hydrogen-bond acceptors (Lipinski definition) is 3. The number of nitrogens with one attached hydrogen (secondary N) is 1. The van der Waals surface area contributed by atoms with Crippen LogP contribution in [0.15, 0.2) is 42.5 Å². The molecule has 0 saturated heterocycles. The number of benzene rings is 2. The maximum absolute atomic E-state index is 5.43. The topological polar surface area (TPSA) is 30.5 Å². The molecule has 2 aromatic carbocycles. The summed E-state index contributed by atoms with van der Waals surface area (Å²) in [6.07, 6.45) is 0. The molecule has 2 rings (SSSR count). The molecule has 0 aromatic heterocycles. The Bertz CT molecular complexity index is 608. The van der Waals surface area contributed by atoms with Gasteiger partial charge in [0.2, 0.25) is 0 Å². The van der Waals surface area contributed by atoms with Crippen LogP contribution in [0.5, 0.6) is 11.5 Å². The van der Waals surface area contributed by atoms with Gasteiger partial charge in [0.05, 0.1) is 19.9 Å². The largest absolute Gasteiger partial charge is 0.497 e. The third-order valence-corrected chi connectivity index (χ3v) is 3.31. The standard InChI is InChI=1S/C16H17NO2S/c1-11-4-6-12(7-5-11)16(20)17-14-10-13(18-2)8-9-15(14)19-3/h4-10H,1-3H3,(H,17,20). The van der Waals surface area contributed by atoms with Crippen molar-refractivity contribution in [3.8, 4) is 11.5 Å². The Balaban J connectivity index is 2.24. The van der Waals surface area contributed by atoms with Gasteiger partial charge in [-0.05, 0) is 19.1 Å². The van der Waals surface area contributed by atoms with Crippen molar-refractivity contribution in [2.45, 2.75) is 6.92 Å². The average Bonchev–Trinajstić information content (AvgIpc) is 2.47. The molecule has 0 saturated carbocycles. The molecule has 1 N–H and O–H groups in total. The summed E-state index contributed by atoms with van der Waals surface area (Å²) < 4.78 is 10.5. The molecule has 0 aliphatic carbocycles. The lowest BCUT2D eigenvalue weighted by Crippen LogP contribution is -2.11. The van der Waals surface area contributed by atoms with E-state index in [0.717, 1.165) is 22.7 Å². The summed E-state index contributed by atoms with van der Waals surface area (Å²) >= 11 is 5.43. The number of ether oxygens (including phenoxy) is 2. The van der Waals surface area contributed by atoms with E-state index in [1.807, 2.05) is 49.4 Å². The lowest BCUT2D eigenvalue weighted by molar-refractivity contribution is 0.405. The van der Waals surface area contributed by atoms with Crippen molar-refractivity contribution < 1.29 is 9.47 Å². The zero-order valence-corrected chi connectivity index (χ0v) is 12.6. The van der Waals surface area contributed by atoms with E-state index in [1.54, 1.807) is 14.2 Å². The summed E-state index contributed by atoms with van der Waals surface area (Å²) in [7, 11) is 3.26. The van der Waals surface area contributed by atoms with Crippen LogP contribution in [0.25, 0.3) is 0 Å². The van der Waals surface area contributed by atoms with Crippen molar-refractivity contribution in [1.29, 1.82) is 0 Å². The molecule has 0 spiro atoms. The van der Waals surface area contributed by atoms with Gasteiger partial charge in [-0.2, -0.15) is 0 Å². The number of anilines is 1. The van der Waals surface area contributed by atoms with Crippen molar-refractivity contribution in [1.82, 2.24) is 0 Å². The monoisotopic (exact) mass is 287 g/mol. The third-order valence-electron chi connectivity index (χ3n) is 2.97. The van der Waals surface area contributed by atoms with Crippen LogP contribution in [0.2, 0.25) is 0 Å². The van der Waals surface area contributed by atoms with Gasteiger partial charge in [-0.15, -0.1) is 0 Å². The first kappa shape index (κ1) is 14.3. The summed E-state index contributed by atoms with van der Waals surface area (Å²) in [5.74, 6) is 1.47. The second-order valence-corrected chi connectivity index (χ2v) is 4.79. The molecule has 0 fully saturated rings. The average molecular weight is 287 g/mol. The number of methoxy groups -OCH3 is 2. The molecule has 0 atom stereocenters. The summed E-state index contributed by atoms with van der Waals surface area (Å²) in [6, 6.07) is 13.6. The molecule has 0 aliphatic heterocycles. The first-order valence-electron chi connectivity index (χ1n) is 6.24. The Kier molecular flexibility index (Phi) is 4.58. The summed E-state index contributed by atoms with van der Waals surface area (Å²) in [4.78, 5) is 0.650. The van der Waals surface area contributed by atoms with Crippen LogP contribution < -0.4 is 14.8 Å². The van der Waals surface area contributed by atoms with Crippen molar-refractivity contribution in [3.05, 3.63) is 53.6 Å². The van der Waals surface area contributed by atoms with Gasteiger partial charge in [-0.25, -0.2) is 0 Å². The van der Waals surface area contributed by atoms with Crippen LogP contribution in [0.4, 0.5) is 5.69 Å². The first-order chi connectivity index (χ1) is 9.63. The van der Waals surface area contributed by atoms with Crippen LogP contribution in [0.3, 0.4) is 0 Å². The van der Waals surface area contributed by atoms with E-state index in [2.05, 4.69) is 5.32 Å². The molecule has 0 heterocycles. The van der Waals surface area contributed by atoms with Crippen LogP contribution >= 0.6 is 12.2 Å². The molecular formula is C16H17NO2S. The van der Waals surface area contributed by atoms with Gasteiger partial charge < -0.3 is 14.8 Å². The van der Waals surface area contributed by atoms with Crippen LogP contribution in [0, 0.1) is 6.92 Å². The van der Waals surface area contributed by atoms with Crippen molar-refractivity contribution in [2.75, 3.05) is 19.5 Å². The van der Waals surface area contributed by atoms with Crippen LogP contribution in [-0.4, -0.2) is 19.2 Å². The van der Waals surface area contributed by atoms with E-state index in [1.165, 1.54) is 5.56 Å². The molecule has 104 valence electrons. The Labute approximate surface area is 124 Å². The molecule has 0 amide bonds. The highest BCUT2D eigenvalue weighted by Gasteiger charge is 2.08. The summed E-state index contributed by atoms with van der Waals surface area (Å²) in [5.41, 5.74) is 2.96. The molecule has 0 aliphatic rings. The van der Waals surface area contributed by atoms with E-state index in [0.29, 0.717) is 4.99 Å². The predicted molar refractivity (Wildman–Crippen MR) is 86.0 cm³/mol. The predicted octanol–water partition coefficient (Wildman–Crippen LogP) is 3.80. The Morgan fingerprint density at radius 2 is 1.70 bits per heavy atom. The third kappa shape index (κ3) is 3.27. The molecule has 0 radical (unpaired) electrons. The molecule has 3 nitrogen and oxygen atoms in total. The number of hydrogen-bond donors (Lipinski definition) is 1. The van der Waals surface area contributed by atoms with Gasteiger partial charge in [-0.3, -0.25) is 0 Å². The lowest BCUT2D eigenvalue weighted by Gasteiger charge is -2.13. The highest BCUT2D eigenvalue weighted by Crippen LogP contribution is 2.29. The van der Waals surface area contributed by atoms with E-state index in [4.69, 9.17) is 21.7 Å². The minimum atomic E-state index is 0.650. The Hall–Kier alpha value is -2.07. The lowest BCUT2D eigenvalue weighted by atomic mass is 10.1. The SMILES string of the molecule is COc1ccc(OC)c(NC(=S)c2ccc(C)cc2)c1. The minimum absolute atomic E-state index is 0.650. The first-order valence-corrected chi connectivity index (χ1v) is 6.65. The quantitative estimate of drug-likeness (QED) is 0.866. The van der Waals surface area contributed by atoms with Gasteiger partial charge in [0, 0.05) is 11.6 Å².